The lowest BCUT2D eigenvalue weighted by atomic mass is 10.3. The SMILES string of the molecule is CNCCN(C)C(=O)CCc1nc(-c2cc(Br)cs2)no1. The zero-order valence-electron chi connectivity index (χ0n) is 11.9. The van der Waals surface area contributed by atoms with E-state index >= 15 is 0 Å². The predicted octanol–water partition coefficient (Wildman–Crippen LogP) is 2.17. The third kappa shape index (κ3) is 4.62. The highest BCUT2D eigenvalue weighted by atomic mass is 79.9. The Morgan fingerprint density at radius 2 is 2.38 bits per heavy atom. The molecule has 0 spiro atoms. The Morgan fingerprint density at radius 1 is 1.57 bits per heavy atom. The molecule has 0 aliphatic heterocycles. The van der Waals surface area contributed by atoms with Gasteiger partial charge in [-0.25, -0.2) is 0 Å². The third-order valence-electron chi connectivity index (χ3n) is 2.93. The maximum atomic E-state index is 11.9. The summed E-state index contributed by atoms with van der Waals surface area (Å²) in [6, 6.07) is 1.94. The molecule has 1 amide bonds. The van der Waals surface area contributed by atoms with Crippen LogP contribution >= 0.6 is 27.3 Å². The Bertz CT molecular complexity index is 599. The molecule has 0 fully saturated rings. The van der Waals surface area contributed by atoms with Crippen molar-refractivity contribution < 1.29 is 9.32 Å². The van der Waals surface area contributed by atoms with Crippen LogP contribution in [0.1, 0.15) is 12.3 Å². The van der Waals surface area contributed by atoms with Crippen molar-refractivity contribution in [1.29, 1.82) is 0 Å². The van der Waals surface area contributed by atoms with E-state index in [1.807, 2.05) is 18.5 Å². The zero-order chi connectivity index (χ0) is 15.2. The highest BCUT2D eigenvalue weighted by molar-refractivity contribution is 9.10. The zero-order valence-corrected chi connectivity index (χ0v) is 14.3. The van der Waals surface area contributed by atoms with Gasteiger partial charge in [0.25, 0.3) is 0 Å². The van der Waals surface area contributed by atoms with Gasteiger partial charge in [0.15, 0.2) is 0 Å². The molecular weight excluding hydrogens is 356 g/mol. The molecule has 21 heavy (non-hydrogen) atoms. The minimum absolute atomic E-state index is 0.0730. The largest absolute Gasteiger partial charge is 0.344 e. The average molecular weight is 373 g/mol. The Hall–Kier alpha value is -1.25. The van der Waals surface area contributed by atoms with E-state index in [1.54, 1.807) is 23.3 Å². The van der Waals surface area contributed by atoms with Gasteiger partial charge in [0.05, 0.1) is 4.88 Å². The fourth-order valence-corrected chi connectivity index (χ4v) is 3.05. The molecule has 2 aromatic heterocycles. The number of carbonyl (C=O) groups is 1. The molecule has 6 nitrogen and oxygen atoms in total. The van der Waals surface area contributed by atoms with Gasteiger partial charge in [-0.15, -0.1) is 11.3 Å². The molecule has 114 valence electrons. The van der Waals surface area contributed by atoms with E-state index < -0.39 is 0 Å². The fourth-order valence-electron chi connectivity index (χ4n) is 1.70. The van der Waals surface area contributed by atoms with Gasteiger partial charge < -0.3 is 14.7 Å². The quantitative estimate of drug-likeness (QED) is 0.806. The van der Waals surface area contributed by atoms with E-state index in [2.05, 4.69) is 31.4 Å². The highest BCUT2D eigenvalue weighted by Gasteiger charge is 2.13. The van der Waals surface area contributed by atoms with Crippen LogP contribution in [0.5, 0.6) is 0 Å². The summed E-state index contributed by atoms with van der Waals surface area (Å²) in [5, 5.41) is 8.92. The molecular formula is C13H17BrN4O2S. The summed E-state index contributed by atoms with van der Waals surface area (Å²) in [4.78, 5) is 18.9. The minimum Gasteiger partial charge on any atom is -0.344 e. The van der Waals surface area contributed by atoms with Gasteiger partial charge in [0.2, 0.25) is 17.6 Å². The topological polar surface area (TPSA) is 71.3 Å². The number of rotatable bonds is 7. The van der Waals surface area contributed by atoms with Crippen LogP contribution in [0.25, 0.3) is 10.7 Å². The van der Waals surface area contributed by atoms with Gasteiger partial charge in [0.1, 0.15) is 0 Å². The normalized spacial score (nSPS) is 10.8. The first-order valence-corrected chi connectivity index (χ1v) is 8.23. The van der Waals surface area contributed by atoms with Crippen LogP contribution in [0.2, 0.25) is 0 Å². The van der Waals surface area contributed by atoms with Crippen molar-refractivity contribution in [2.75, 3.05) is 27.2 Å². The summed E-state index contributed by atoms with van der Waals surface area (Å²) >= 11 is 4.93. The first-order valence-electron chi connectivity index (χ1n) is 6.55. The number of likely N-dealkylation sites (N-methyl/N-ethyl adjacent to an activating group) is 2. The van der Waals surface area contributed by atoms with Crippen LogP contribution in [-0.2, 0) is 11.2 Å². The van der Waals surface area contributed by atoms with Crippen molar-refractivity contribution in [2.24, 2.45) is 0 Å². The van der Waals surface area contributed by atoms with E-state index in [4.69, 9.17) is 4.52 Å². The number of carbonyl (C=O) groups excluding carboxylic acids is 1. The van der Waals surface area contributed by atoms with E-state index in [0.29, 0.717) is 31.1 Å². The first-order chi connectivity index (χ1) is 10.1. The highest BCUT2D eigenvalue weighted by Crippen LogP contribution is 2.27. The van der Waals surface area contributed by atoms with Gasteiger partial charge >= 0.3 is 0 Å². The molecule has 0 atom stereocenters. The second kappa shape index (κ2) is 7.67. The van der Waals surface area contributed by atoms with Crippen LogP contribution in [0.4, 0.5) is 0 Å². The molecule has 0 aromatic carbocycles. The molecule has 0 bridgehead atoms. The first kappa shape index (κ1) is 16.1. The number of nitrogens with one attached hydrogen (secondary N) is 1. The number of nitrogens with zero attached hydrogens (tertiary/aromatic N) is 3. The smallest absolute Gasteiger partial charge is 0.227 e. The molecule has 1 N–H and O–H groups in total. The number of hydrogen-bond donors (Lipinski definition) is 1. The number of halogens is 1. The van der Waals surface area contributed by atoms with Gasteiger partial charge in [-0.05, 0) is 29.0 Å². The third-order valence-corrected chi connectivity index (χ3v) is 4.62. The second-order valence-corrected chi connectivity index (χ2v) is 6.39. The molecule has 2 aromatic rings. The Kier molecular flexibility index (Phi) is 5.89. The molecule has 0 aliphatic rings. The summed E-state index contributed by atoms with van der Waals surface area (Å²) in [6.07, 6.45) is 0.832. The molecule has 0 saturated carbocycles. The second-order valence-electron chi connectivity index (χ2n) is 4.56. The predicted molar refractivity (Wildman–Crippen MR) is 85.2 cm³/mol. The molecule has 8 heteroatoms. The van der Waals surface area contributed by atoms with Crippen LogP contribution in [-0.4, -0.2) is 48.1 Å². The summed E-state index contributed by atoms with van der Waals surface area (Å²) in [7, 11) is 3.66. The monoisotopic (exact) mass is 372 g/mol. The van der Waals surface area contributed by atoms with Crippen molar-refractivity contribution >= 4 is 33.2 Å². The molecule has 0 saturated heterocycles. The number of aryl methyl sites for hydroxylation is 1. The number of hydrogen-bond acceptors (Lipinski definition) is 6. The lowest BCUT2D eigenvalue weighted by molar-refractivity contribution is -0.129. The summed E-state index contributed by atoms with van der Waals surface area (Å²) in [5.41, 5.74) is 0. The maximum Gasteiger partial charge on any atom is 0.227 e. The standard InChI is InChI=1S/C13H17BrN4O2S/c1-15-5-6-18(2)12(19)4-3-11-16-13(17-20-11)10-7-9(14)8-21-10/h7-8,15H,3-6H2,1-2H3. The average Bonchev–Trinajstić information content (AvgIpc) is 3.10. The fraction of sp³-hybridized carbons (Fsp3) is 0.462. The number of thiophene rings is 1. The molecule has 2 heterocycles. The van der Waals surface area contributed by atoms with Gasteiger partial charge in [-0.3, -0.25) is 4.79 Å². The van der Waals surface area contributed by atoms with Crippen molar-refractivity contribution in [1.82, 2.24) is 20.4 Å². The van der Waals surface area contributed by atoms with Crippen LogP contribution < -0.4 is 5.32 Å². The molecule has 0 unspecified atom stereocenters. The molecule has 2 rings (SSSR count). The lowest BCUT2D eigenvalue weighted by Crippen LogP contribution is -2.32. The van der Waals surface area contributed by atoms with Crippen molar-refractivity contribution in [3.63, 3.8) is 0 Å². The lowest BCUT2D eigenvalue weighted by Gasteiger charge is -2.16. The maximum absolute atomic E-state index is 11.9. The van der Waals surface area contributed by atoms with E-state index in [1.165, 1.54) is 0 Å². The Labute approximate surface area is 135 Å². The van der Waals surface area contributed by atoms with Crippen molar-refractivity contribution in [2.45, 2.75) is 12.8 Å². The summed E-state index contributed by atoms with van der Waals surface area (Å²) in [6.45, 7) is 1.47. The number of amides is 1. The van der Waals surface area contributed by atoms with Gasteiger partial charge in [0, 0.05) is 42.8 Å². The minimum atomic E-state index is 0.0730. The van der Waals surface area contributed by atoms with Crippen LogP contribution in [0, 0.1) is 0 Å². The Balaban J connectivity index is 1.87. The van der Waals surface area contributed by atoms with Crippen LogP contribution in [0.3, 0.4) is 0 Å². The molecule has 0 aliphatic carbocycles. The summed E-state index contributed by atoms with van der Waals surface area (Å²) in [5.74, 6) is 1.13. The van der Waals surface area contributed by atoms with Crippen molar-refractivity contribution in [3.8, 4) is 10.7 Å². The van der Waals surface area contributed by atoms with Crippen LogP contribution in [0.15, 0.2) is 20.4 Å². The van der Waals surface area contributed by atoms with Gasteiger partial charge in [-0.1, -0.05) is 5.16 Å². The summed E-state index contributed by atoms with van der Waals surface area (Å²) < 4.78 is 6.18. The Morgan fingerprint density at radius 3 is 3.05 bits per heavy atom. The van der Waals surface area contributed by atoms with Crippen molar-refractivity contribution in [3.05, 3.63) is 21.8 Å². The molecule has 0 radical (unpaired) electrons. The van der Waals surface area contributed by atoms with Gasteiger partial charge in [-0.2, -0.15) is 4.98 Å². The van der Waals surface area contributed by atoms with E-state index in [-0.39, 0.29) is 5.91 Å². The number of aromatic nitrogens is 2. The van der Waals surface area contributed by atoms with E-state index in [0.717, 1.165) is 15.9 Å². The van der Waals surface area contributed by atoms with E-state index in [9.17, 15) is 4.79 Å².